The van der Waals surface area contributed by atoms with Crippen LogP contribution in [0.4, 0.5) is 10.5 Å². The highest BCUT2D eigenvalue weighted by molar-refractivity contribution is 5.61. The van der Waals surface area contributed by atoms with Crippen molar-refractivity contribution in [1.82, 2.24) is 4.90 Å². The summed E-state index contributed by atoms with van der Waals surface area (Å²) in [6, 6.07) is 21.2. The first-order valence-corrected chi connectivity index (χ1v) is 10.5. The minimum Gasteiger partial charge on any atom is -0.465 e. The van der Waals surface area contributed by atoms with Gasteiger partial charge in [-0.05, 0) is 62.9 Å². The molecule has 2 atom stereocenters. The zero-order valence-corrected chi connectivity index (χ0v) is 17.9. The molecule has 0 spiro atoms. The van der Waals surface area contributed by atoms with Crippen LogP contribution in [-0.2, 0) is 12.8 Å². The minimum atomic E-state index is -1.33. The summed E-state index contributed by atoms with van der Waals surface area (Å²) in [6.07, 6.45) is 2.20. The average Bonchev–Trinajstić information content (AvgIpc) is 2.70. The number of hydrogen-bond acceptors (Lipinski definition) is 3. The number of hydrogen-bond donors (Lipinski definition) is 2. The van der Waals surface area contributed by atoms with Crippen LogP contribution in [0.2, 0.25) is 0 Å². The molecule has 0 aromatic heterocycles. The number of carboxylic acid groups (broad SMARTS) is 1. The number of nitrogens with zero attached hydrogens (tertiary/aromatic N) is 2. The molecule has 0 radical (unpaired) electrons. The number of benzene rings is 2. The number of amides is 1. The number of carbonyl (C=O) groups is 1. The maximum Gasteiger partial charge on any atom is 0.402 e. The molecular weight excluding hydrogens is 362 g/mol. The molecule has 2 aromatic carbocycles. The molecule has 1 saturated heterocycles. The Kier molecular flexibility index (Phi) is 9.00. The van der Waals surface area contributed by atoms with Gasteiger partial charge < -0.3 is 15.7 Å². The SMILES string of the molecule is CCc1ccc(N2CC(C)N(CCCc3ccccc3)C(C)C2)cc1.NC(=O)O. The van der Waals surface area contributed by atoms with Crippen LogP contribution in [0.25, 0.3) is 0 Å². The van der Waals surface area contributed by atoms with Gasteiger partial charge in [-0.1, -0.05) is 49.4 Å². The van der Waals surface area contributed by atoms with Crippen molar-refractivity contribution in [2.45, 2.75) is 52.1 Å². The number of piperazine rings is 1. The predicted molar refractivity (Wildman–Crippen MR) is 121 cm³/mol. The van der Waals surface area contributed by atoms with Gasteiger partial charge in [0, 0.05) is 30.9 Å². The van der Waals surface area contributed by atoms with Gasteiger partial charge in [-0.3, -0.25) is 4.90 Å². The van der Waals surface area contributed by atoms with Gasteiger partial charge in [-0.15, -0.1) is 0 Å². The first kappa shape index (κ1) is 22.8. The minimum absolute atomic E-state index is 0.602. The van der Waals surface area contributed by atoms with Gasteiger partial charge in [0.2, 0.25) is 0 Å². The molecular formula is C24H35N3O2. The Labute approximate surface area is 175 Å². The Morgan fingerprint density at radius 1 is 1.00 bits per heavy atom. The maximum absolute atomic E-state index is 8.78. The lowest BCUT2D eigenvalue weighted by atomic mass is 10.0. The second kappa shape index (κ2) is 11.5. The molecule has 158 valence electrons. The lowest BCUT2D eigenvalue weighted by molar-refractivity contribution is 0.130. The van der Waals surface area contributed by atoms with Crippen molar-refractivity contribution >= 4 is 11.8 Å². The van der Waals surface area contributed by atoms with Gasteiger partial charge in [0.1, 0.15) is 0 Å². The van der Waals surface area contributed by atoms with E-state index < -0.39 is 6.09 Å². The van der Waals surface area contributed by atoms with Crippen LogP contribution in [0, 0.1) is 0 Å². The van der Waals surface area contributed by atoms with Crippen LogP contribution in [0.5, 0.6) is 0 Å². The summed E-state index contributed by atoms with van der Waals surface area (Å²) in [5, 5.41) is 7.19. The van der Waals surface area contributed by atoms with E-state index in [-0.39, 0.29) is 0 Å². The largest absolute Gasteiger partial charge is 0.465 e. The molecule has 0 bridgehead atoms. The third kappa shape index (κ3) is 7.42. The molecule has 3 N–H and O–H groups in total. The summed E-state index contributed by atoms with van der Waals surface area (Å²) in [6.45, 7) is 10.4. The lowest BCUT2D eigenvalue weighted by Crippen LogP contribution is -2.57. The lowest BCUT2D eigenvalue weighted by Gasteiger charge is -2.45. The van der Waals surface area contributed by atoms with E-state index in [1.807, 2.05) is 0 Å². The summed E-state index contributed by atoms with van der Waals surface area (Å²) in [5.41, 5.74) is 8.28. The van der Waals surface area contributed by atoms with Gasteiger partial charge in [-0.2, -0.15) is 0 Å². The Morgan fingerprint density at radius 3 is 2.07 bits per heavy atom. The molecule has 3 rings (SSSR count). The topological polar surface area (TPSA) is 69.8 Å². The molecule has 2 aromatic rings. The zero-order chi connectivity index (χ0) is 21.2. The van der Waals surface area contributed by atoms with Gasteiger partial charge in [0.15, 0.2) is 0 Å². The number of primary amides is 1. The van der Waals surface area contributed by atoms with E-state index in [2.05, 4.69) is 90.9 Å². The van der Waals surface area contributed by atoms with Crippen LogP contribution in [-0.4, -0.2) is 47.8 Å². The second-order valence-electron chi connectivity index (χ2n) is 7.79. The highest BCUT2D eigenvalue weighted by Gasteiger charge is 2.28. The summed E-state index contributed by atoms with van der Waals surface area (Å²) < 4.78 is 0. The Morgan fingerprint density at radius 2 is 1.55 bits per heavy atom. The van der Waals surface area contributed by atoms with Crippen molar-refractivity contribution in [2.24, 2.45) is 5.73 Å². The van der Waals surface area contributed by atoms with E-state index in [0.717, 1.165) is 19.5 Å². The Balaban J connectivity index is 0.000000687. The molecule has 1 aliphatic rings. The molecule has 5 nitrogen and oxygen atoms in total. The van der Waals surface area contributed by atoms with Crippen molar-refractivity contribution in [3.05, 3.63) is 65.7 Å². The van der Waals surface area contributed by atoms with Crippen molar-refractivity contribution in [2.75, 3.05) is 24.5 Å². The molecule has 0 aliphatic carbocycles. The zero-order valence-electron chi connectivity index (χ0n) is 17.9. The van der Waals surface area contributed by atoms with Crippen LogP contribution >= 0.6 is 0 Å². The third-order valence-corrected chi connectivity index (χ3v) is 5.54. The molecule has 1 aliphatic heterocycles. The molecule has 1 amide bonds. The average molecular weight is 398 g/mol. The van der Waals surface area contributed by atoms with E-state index in [1.165, 1.54) is 36.2 Å². The number of nitrogens with two attached hydrogens (primary N) is 1. The van der Waals surface area contributed by atoms with Crippen LogP contribution in [0.3, 0.4) is 0 Å². The normalized spacial score (nSPS) is 19.3. The number of rotatable bonds is 6. The van der Waals surface area contributed by atoms with Gasteiger partial charge in [0.25, 0.3) is 0 Å². The molecule has 5 heteroatoms. The van der Waals surface area contributed by atoms with Crippen molar-refractivity contribution < 1.29 is 9.90 Å². The van der Waals surface area contributed by atoms with Crippen molar-refractivity contribution in [1.29, 1.82) is 0 Å². The standard InChI is InChI=1S/C23H32N2.CH3NO2/c1-4-21-12-14-23(15-13-21)24-17-19(2)25(20(3)18-24)16-8-11-22-9-6-5-7-10-22;2-1(3)4/h5-7,9-10,12-15,19-20H,4,8,11,16-18H2,1-3H3;2H2,(H,3,4). The monoisotopic (exact) mass is 397 g/mol. The van der Waals surface area contributed by atoms with Gasteiger partial charge in [0.05, 0.1) is 0 Å². The van der Waals surface area contributed by atoms with E-state index in [9.17, 15) is 0 Å². The fourth-order valence-corrected chi connectivity index (χ4v) is 4.06. The summed E-state index contributed by atoms with van der Waals surface area (Å²) in [4.78, 5) is 14.0. The molecule has 29 heavy (non-hydrogen) atoms. The van der Waals surface area contributed by atoms with E-state index in [0.29, 0.717) is 12.1 Å². The smallest absolute Gasteiger partial charge is 0.402 e. The summed E-state index contributed by atoms with van der Waals surface area (Å²) in [7, 11) is 0. The highest BCUT2D eigenvalue weighted by Crippen LogP contribution is 2.23. The van der Waals surface area contributed by atoms with Gasteiger partial charge >= 0.3 is 6.09 Å². The maximum atomic E-state index is 8.78. The summed E-state index contributed by atoms with van der Waals surface area (Å²) in [5.74, 6) is 0. The van der Waals surface area contributed by atoms with Crippen molar-refractivity contribution in [3.63, 3.8) is 0 Å². The second-order valence-corrected chi connectivity index (χ2v) is 7.79. The molecule has 1 heterocycles. The first-order valence-electron chi connectivity index (χ1n) is 10.5. The Bertz CT molecular complexity index is 718. The fourth-order valence-electron chi connectivity index (χ4n) is 4.06. The predicted octanol–water partition coefficient (Wildman–Crippen LogP) is 4.40. The van der Waals surface area contributed by atoms with Crippen LogP contribution < -0.4 is 10.6 Å². The molecule has 2 unspecified atom stereocenters. The van der Waals surface area contributed by atoms with E-state index >= 15 is 0 Å². The Hall–Kier alpha value is -2.53. The number of anilines is 1. The van der Waals surface area contributed by atoms with Crippen LogP contribution in [0.15, 0.2) is 54.6 Å². The van der Waals surface area contributed by atoms with E-state index in [4.69, 9.17) is 9.90 Å². The molecule has 0 saturated carbocycles. The molecule has 1 fully saturated rings. The summed E-state index contributed by atoms with van der Waals surface area (Å²) >= 11 is 0. The number of aryl methyl sites for hydroxylation is 2. The highest BCUT2D eigenvalue weighted by atomic mass is 16.4. The first-order chi connectivity index (χ1) is 13.9. The van der Waals surface area contributed by atoms with Crippen molar-refractivity contribution in [3.8, 4) is 0 Å². The fraction of sp³-hybridized carbons (Fsp3) is 0.458. The third-order valence-electron chi connectivity index (χ3n) is 5.54. The van der Waals surface area contributed by atoms with E-state index in [1.54, 1.807) is 0 Å². The van der Waals surface area contributed by atoms with Gasteiger partial charge in [-0.25, -0.2) is 4.79 Å². The van der Waals surface area contributed by atoms with Crippen LogP contribution in [0.1, 0.15) is 38.3 Å². The quantitative estimate of drug-likeness (QED) is 0.758.